The third-order valence-electron chi connectivity index (χ3n) is 2.17. The van der Waals surface area contributed by atoms with Gasteiger partial charge in [0.1, 0.15) is 10.2 Å². The van der Waals surface area contributed by atoms with E-state index in [9.17, 15) is 0 Å². The second-order valence-electron chi connectivity index (χ2n) is 5.30. The molecule has 0 unspecified atom stereocenters. The Balaban J connectivity index is 4.18. The van der Waals surface area contributed by atoms with Gasteiger partial charge in [-0.25, -0.2) is 0 Å². The molecule has 10 heteroatoms. The smallest absolute Gasteiger partial charge is 0.309 e. The van der Waals surface area contributed by atoms with Crippen molar-refractivity contribution >= 4 is 40.3 Å². The Morgan fingerprint density at radius 2 is 0.900 bits per heavy atom. The van der Waals surface area contributed by atoms with Crippen LogP contribution in [0.3, 0.4) is 0 Å². The van der Waals surface area contributed by atoms with Gasteiger partial charge in [-0.2, -0.15) is 0 Å². The second kappa shape index (κ2) is 11.2. The van der Waals surface area contributed by atoms with E-state index in [1.165, 1.54) is 0 Å². The van der Waals surface area contributed by atoms with Gasteiger partial charge in [-0.1, -0.05) is 0 Å². The van der Waals surface area contributed by atoms with Gasteiger partial charge in [-0.15, -0.1) is 0 Å². The molecule has 0 fully saturated rings. The van der Waals surface area contributed by atoms with Crippen LogP contribution in [0.15, 0.2) is 0 Å². The fraction of sp³-hybridized carbons (Fsp3) is 1.00. The predicted molar refractivity (Wildman–Crippen MR) is 90.2 cm³/mol. The first kappa shape index (κ1) is 20.6. The van der Waals surface area contributed by atoms with Crippen molar-refractivity contribution in [3.05, 3.63) is 0 Å². The first-order chi connectivity index (χ1) is 9.25. The van der Waals surface area contributed by atoms with Crippen molar-refractivity contribution < 1.29 is 26.6 Å². The zero-order valence-corrected chi connectivity index (χ0v) is 20.0. The van der Waals surface area contributed by atoms with E-state index >= 15 is 0 Å². The molecule has 0 aliphatic heterocycles. The molecule has 0 aliphatic rings. The highest BCUT2D eigenvalue weighted by Crippen LogP contribution is 2.10. The molecule has 0 amide bonds. The molecule has 0 rings (SSSR count). The first-order valence-electron chi connectivity index (χ1n) is 7.02. The minimum atomic E-state index is -1.12. The van der Waals surface area contributed by atoms with Crippen LogP contribution < -0.4 is 0 Å². The summed E-state index contributed by atoms with van der Waals surface area (Å²) >= 11 is 0. The van der Waals surface area contributed by atoms with Crippen molar-refractivity contribution in [2.75, 3.05) is 0 Å². The monoisotopic (exact) mass is 358 g/mol. The van der Waals surface area contributed by atoms with Crippen LogP contribution in [-0.4, -0.2) is 64.2 Å². The Morgan fingerprint density at radius 1 is 0.650 bits per heavy atom. The van der Waals surface area contributed by atoms with E-state index in [2.05, 4.69) is 0 Å². The first-order valence-corrected chi connectivity index (χ1v) is 11.5. The number of rotatable bonds is 12. The molecule has 0 bridgehead atoms. The van der Waals surface area contributed by atoms with Crippen LogP contribution in [0.4, 0.5) is 0 Å². The molecule has 20 heavy (non-hydrogen) atoms. The third kappa shape index (κ3) is 12.4. The molecule has 0 aromatic carbocycles. The van der Waals surface area contributed by atoms with Gasteiger partial charge in [0, 0.05) is 18.3 Å². The molecule has 0 radical (unpaired) electrons. The zero-order valence-electron chi connectivity index (χ0n) is 13.8. The molecule has 0 aromatic heterocycles. The summed E-state index contributed by atoms with van der Waals surface area (Å²) in [5, 5.41) is 0. The van der Waals surface area contributed by atoms with Crippen molar-refractivity contribution in [2.45, 2.75) is 65.5 Å². The maximum Gasteiger partial charge on any atom is 0.309 e. The van der Waals surface area contributed by atoms with E-state index in [-0.39, 0.29) is 18.3 Å². The van der Waals surface area contributed by atoms with Crippen LogP contribution >= 0.6 is 0 Å². The number of hydrogen-bond acceptors (Lipinski definition) is 6. The molecule has 0 atom stereocenters. The average Bonchev–Trinajstić information content (AvgIpc) is 2.27. The van der Waals surface area contributed by atoms with Crippen LogP contribution in [0.5, 0.6) is 0 Å². The van der Waals surface area contributed by atoms with E-state index < -0.39 is 35.6 Å². The highest BCUT2D eigenvalue weighted by molar-refractivity contribution is 6.27. The SMILES string of the molecule is CC(C)O[SiH2]OC([SiH3])(O[SiH2]OC(C)C)O[SiH2]OC(C)C. The third-order valence-corrected chi connectivity index (χ3v) is 9.10. The summed E-state index contributed by atoms with van der Waals surface area (Å²) in [5.41, 5.74) is -0.941. The molecule has 122 valence electrons. The maximum atomic E-state index is 5.75. The standard InChI is InChI=1S/C10H30O6Si4/c1-7(2)11-18-14-10(17,15-19-12-8(3)4)16-20-13-9(5)6/h7-9H,18-20H2,1-6,17H3. The van der Waals surface area contributed by atoms with E-state index in [0.717, 1.165) is 0 Å². The Labute approximate surface area is 132 Å². The summed E-state index contributed by atoms with van der Waals surface area (Å²) < 4.78 is 33.8. The summed E-state index contributed by atoms with van der Waals surface area (Å²) in [4.78, 5) is 0. The van der Waals surface area contributed by atoms with Gasteiger partial charge in [0.15, 0.2) is 0 Å². The maximum absolute atomic E-state index is 5.75. The van der Waals surface area contributed by atoms with Crippen LogP contribution in [0.2, 0.25) is 0 Å². The molecule has 0 aliphatic carbocycles. The molecule has 0 N–H and O–H groups in total. The van der Waals surface area contributed by atoms with Gasteiger partial charge in [0.2, 0.25) is 5.60 Å². The van der Waals surface area contributed by atoms with Crippen molar-refractivity contribution in [1.82, 2.24) is 0 Å². The Bertz CT molecular complexity index is 206. The van der Waals surface area contributed by atoms with Gasteiger partial charge in [0.25, 0.3) is 0 Å². The minimum Gasteiger partial charge on any atom is -0.396 e. The summed E-state index contributed by atoms with van der Waals surface area (Å²) in [6, 6.07) is 0. The average molecular weight is 359 g/mol. The fourth-order valence-electron chi connectivity index (χ4n) is 0.956. The lowest BCUT2D eigenvalue weighted by Gasteiger charge is -2.31. The fourth-order valence-corrected chi connectivity index (χ4v) is 4.68. The molecule has 0 spiro atoms. The lowest BCUT2D eigenvalue weighted by molar-refractivity contribution is -0.206. The van der Waals surface area contributed by atoms with Gasteiger partial charge < -0.3 is 26.6 Å². The lowest BCUT2D eigenvalue weighted by Crippen LogP contribution is -2.45. The summed E-state index contributed by atoms with van der Waals surface area (Å²) in [6.45, 7) is 11.9. The molecular formula is C10H30O6Si4. The second-order valence-corrected chi connectivity index (χ2v) is 9.09. The molecule has 6 nitrogen and oxygen atoms in total. The summed E-state index contributed by atoms with van der Waals surface area (Å²) in [6.07, 6.45) is 0.503. The highest BCUT2D eigenvalue weighted by Gasteiger charge is 2.27. The van der Waals surface area contributed by atoms with Crippen molar-refractivity contribution in [3.63, 3.8) is 0 Å². The van der Waals surface area contributed by atoms with Crippen LogP contribution in [0.25, 0.3) is 0 Å². The molecular weight excluding hydrogens is 328 g/mol. The van der Waals surface area contributed by atoms with Gasteiger partial charge in [-0.3, -0.25) is 0 Å². The van der Waals surface area contributed by atoms with Crippen molar-refractivity contribution in [2.24, 2.45) is 0 Å². The van der Waals surface area contributed by atoms with Crippen LogP contribution in [-0.2, 0) is 26.6 Å². The van der Waals surface area contributed by atoms with Crippen molar-refractivity contribution in [3.8, 4) is 0 Å². The molecule has 0 saturated heterocycles. The topological polar surface area (TPSA) is 55.4 Å². The highest BCUT2D eigenvalue weighted by atomic mass is 28.3. The van der Waals surface area contributed by atoms with E-state index in [4.69, 9.17) is 26.6 Å². The quantitative estimate of drug-likeness (QED) is 0.306. The van der Waals surface area contributed by atoms with Gasteiger partial charge >= 0.3 is 30.0 Å². The Kier molecular flexibility index (Phi) is 11.6. The van der Waals surface area contributed by atoms with Crippen LogP contribution in [0, 0.1) is 0 Å². The van der Waals surface area contributed by atoms with E-state index in [1.54, 1.807) is 0 Å². The van der Waals surface area contributed by atoms with Crippen LogP contribution in [0.1, 0.15) is 41.5 Å². The molecule has 0 saturated carbocycles. The summed E-state index contributed by atoms with van der Waals surface area (Å²) in [7, 11) is -2.75. The molecule has 0 aromatic rings. The van der Waals surface area contributed by atoms with E-state index in [1.807, 2.05) is 41.5 Å². The molecule has 0 heterocycles. The normalized spacial score (nSPS) is 17.2. The van der Waals surface area contributed by atoms with Gasteiger partial charge in [-0.05, 0) is 41.5 Å². The summed E-state index contributed by atoms with van der Waals surface area (Å²) in [5.74, 6) is 0. The Morgan fingerprint density at radius 3 is 1.10 bits per heavy atom. The largest absolute Gasteiger partial charge is 0.396 e. The minimum absolute atomic E-state index is 0.168. The van der Waals surface area contributed by atoms with Crippen molar-refractivity contribution in [1.29, 1.82) is 0 Å². The predicted octanol–water partition coefficient (Wildman–Crippen LogP) is -1.72. The Hall–Kier alpha value is 0.628. The van der Waals surface area contributed by atoms with E-state index in [0.29, 0.717) is 10.2 Å². The lowest BCUT2D eigenvalue weighted by atomic mass is 10.5. The number of hydrogen-bond donors (Lipinski definition) is 0. The van der Waals surface area contributed by atoms with Gasteiger partial charge in [0.05, 0.1) is 0 Å². The zero-order chi connectivity index (χ0) is 15.6.